The molecule has 0 radical (unpaired) electrons. The van der Waals surface area contributed by atoms with Crippen LogP contribution in [0.1, 0.15) is 16.8 Å². The maximum absolute atomic E-state index is 5.46. The van der Waals surface area contributed by atoms with Gasteiger partial charge in [0.25, 0.3) is 0 Å². The van der Waals surface area contributed by atoms with Crippen LogP contribution < -0.4 is 9.47 Å². The summed E-state index contributed by atoms with van der Waals surface area (Å²) >= 11 is 0. The maximum atomic E-state index is 5.46. The Morgan fingerprint density at radius 3 is 2.25 bits per heavy atom. The molecule has 3 nitrogen and oxygen atoms in total. The van der Waals surface area contributed by atoms with Crippen LogP contribution in [0.15, 0.2) is 6.07 Å². The van der Waals surface area contributed by atoms with Crippen molar-refractivity contribution in [2.45, 2.75) is 20.8 Å². The Bertz CT molecular complexity index is 541. The van der Waals surface area contributed by atoms with Crippen molar-refractivity contribution in [3.05, 3.63) is 22.9 Å². The van der Waals surface area contributed by atoms with Gasteiger partial charge < -0.3 is 14.5 Å². The lowest BCUT2D eigenvalue weighted by molar-refractivity contribution is 0.392. The summed E-state index contributed by atoms with van der Waals surface area (Å²) in [4.78, 5) is 3.36. The standard InChI is InChI=1S/C13H17NO2/c1-7-9(3)14-12-10(7)6-11(15-4)8(2)13(12)16-5/h6,14H,1-5H3. The van der Waals surface area contributed by atoms with Gasteiger partial charge in [-0.2, -0.15) is 0 Å². The Kier molecular flexibility index (Phi) is 2.54. The average molecular weight is 219 g/mol. The zero-order valence-electron chi connectivity index (χ0n) is 10.4. The fourth-order valence-electron chi connectivity index (χ4n) is 2.10. The summed E-state index contributed by atoms with van der Waals surface area (Å²) in [5.41, 5.74) is 4.49. The minimum atomic E-state index is 0.866. The number of rotatable bonds is 2. The van der Waals surface area contributed by atoms with E-state index in [4.69, 9.17) is 9.47 Å². The molecule has 0 unspecified atom stereocenters. The molecule has 0 aliphatic carbocycles. The quantitative estimate of drug-likeness (QED) is 0.842. The number of methoxy groups -OCH3 is 2. The third kappa shape index (κ3) is 1.35. The van der Waals surface area contributed by atoms with Crippen LogP contribution in [0.25, 0.3) is 10.9 Å². The summed E-state index contributed by atoms with van der Waals surface area (Å²) in [6, 6.07) is 2.06. The third-order valence-electron chi connectivity index (χ3n) is 3.19. The van der Waals surface area contributed by atoms with Crippen LogP contribution in [0, 0.1) is 20.8 Å². The summed E-state index contributed by atoms with van der Waals surface area (Å²) in [7, 11) is 3.37. The van der Waals surface area contributed by atoms with Crippen molar-refractivity contribution in [2.24, 2.45) is 0 Å². The lowest BCUT2D eigenvalue weighted by Crippen LogP contribution is -1.93. The largest absolute Gasteiger partial charge is 0.496 e. The third-order valence-corrected chi connectivity index (χ3v) is 3.19. The van der Waals surface area contributed by atoms with Crippen LogP contribution in [-0.4, -0.2) is 19.2 Å². The second kappa shape index (κ2) is 3.74. The van der Waals surface area contributed by atoms with Gasteiger partial charge in [0.1, 0.15) is 11.5 Å². The monoisotopic (exact) mass is 219 g/mol. The normalized spacial score (nSPS) is 10.8. The molecular weight excluding hydrogens is 202 g/mol. The first-order valence-electron chi connectivity index (χ1n) is 5.30. The number of aryl methyl sites for hydroxylation is 2. The molecule has 1 aromatic heterocycles. The minimum Gasteiger partial charge on any atom is -0.496 e. The molecule has 1 aromatic carbocycles. The number of aromatic nitrogens is 1. The summed E-state index contributed by atoms with van der Waals surface area (Å²) in [6.07, 6.45) is 0. The molecule has 0 atom stereocenters. The SMILES string of the molecule is COc1cc2c(C)c(C)[nH]c2c(OC)c1C. The van der Waals surface area contributed by atoms with Gasteiger partial charge in [-0.05, 0) is 32.4 Å². The van der Waals surface area contributed by atoms with E-state index in [2.05, 4.69) is 24.9 Å². The van der Waals surface area contributed by atoms with E-state index in [1.165, 1.54) is 11.3 Å². The molecule has 0 saturated heterocycles. The van der Waals surface area contributed by atoms with E-state index in [9.17, 15) is 0 Å². The lowest BCUT2D eigenvalue weighted by Gasteiger charge is -2.11. The van der Waals surface area contributed by atoms with Gasteiger partial charge in [-0.3, -0.25) is 0 Å². The Hall–Kier alpha value is -1.64. The van der Waals surface area contributed by atoms with Crippen molar-refractivity contribution in [1.82, 2.24) is 4.98 Å². The highest BCUT2D eigenvalue weighted by molar-refractivity contribution is 5.92. The number of benzene rings is 1. The van der Waals surface area contributed by atoms with Crippen LogP contribution in [-0.2, 0) is 0 Å². The first-order valence-corrected chi connectivity index (χ1v) is 5.30. The van der Waals surface area contributed by atoms with E-state index in [0.717, 1.165) is 28.0 Å². The van der Waals surface area contributed by atoms with Crippen molar-refractivity contribution in [1.29, 1.82) is 0 Å². The molecular formula is C13H17NO2. The van der Waals surface area contributed by atoms with E-state index < -0.39 is 0 Å². The Balaban J connectivity index is 2.89. The van der Waals surface area contributed by atoms with Crippen molar-refractivity contribution < 1.29 is 9.47 Å². The molecule has 2 aromatic rings. The smallest absolute Gasteiger partial charge is 0.149 e. The molecule has 0 saturated carbocycles. The molecule has 16 heavy (non-hydrogen) atoms. The Labute approximate surface area is 95.4 Å². The van der Waals surface area contributed by atoms with Gasteiger partial charge in [0.2, 0.25) is 0 Å². The van der Waals surface area contributed by atoms with Crippen LogP contribution in [0.4, 0.5) is 0 Å². The van der Waals surface area contributed by atoms with Crippen molar-refractivity contribution in [3.63, 3.8) is 0 Å². The van der Waals surface area contributed by atoms with Gasteiger partial charge in [0.15, 0.2) is 0 Å². The summed E-state index contributed by atoms with van der Waals surface area (Å²) in [6.45, 7) is 6.17. The highest BCUT2D eigenvalue weighted by Gasteiger charge is 2.15. The van der Waals surface area contributed by atoms with Gasteiger partial charge in [0.05, 0.1) is 19.7 Å². The lowest BCUT2D eigenvalue weighted by atomic mass is 10.1. The summed E-state index contributed by atoms with van der Waals surface area (Å²) in [5.74, 6) is 1.73. The minimum absolute atomic E-state index is 0.866. The van der Waals surface area contributed by atoms with Gasteiger partial charge >= 0.3 is 0 Å². The first-order chi connectivity index (χ1) is 7.60. The molecule has 0 aliphatic heterocycles. The number of H-pyrrole nitrogens is 1. The molecule has 0 aliphatic rings. The number of hydrogen-bond donors (Lipinski definition) is 1. The molecule has 0 fully saturated rings. The molecule has 0 amide bonds. The first kappa shape index (κ1) is 10.9. The average Bonchev–Trinajstić information content (AvgIpc) is 2.55. The zero-order chi connectivity index (χ0) is 11.9. The Morgan fingerprint density at radius 2 is 1.69 bits per heavy atom. The van der Waals surface area contributed by atoms with Crippen LogP contribution in [0.2, 0.25) is 0 Å². The fraction of sp³-hybridized carbons (Fsp3) is 0.385. The molecule has 1 heterocycles. The fourth-order valence-corrected chi connectivity index (χ4v) is 2.10. The van der Waals surface area contributed by atoms with E-state index in [1.807, 2.05) is 6.92 Å². The van der Waals surface area contributed by atoms with Gasteiger partial charge in [-0.15, -0.1) is 0 Å². The predicted octanol–water partition coefficient (Wildman–Crippen LogP) is 3.11. The van der Waals surface area contributed by atoms with Crippen molar-refractivity contribution in [2.75, 3.05) is 14.2 Å². The summed E-state index contributed by atoms with van der Waals surface area (Å²) < 4.78 is 10.8. The predicted molar refractivity (Wildman–Crippen MR) is 65.6 cm³/mol. The molecule has 86 valence electrons. The molecule has 0 spiro atoms. The van der Waals surface area contributed by atoms with E-state index in [0.29, 0.717) is 0 Å². The van der Waals surface area contributed by atoms with Gasteiger partial charge in [-0.25, -0.2) is 0 Å². The second-order valence-electron chi connectivity index (χ2n) is 4.03. The highest BCUT2D eigenvalue weighted by Crippen LogP contribution is 2.37. The molecule has 1 N–H and O–H groups in total. The number of ether oxygens (including phenoxy) is 2. The Morgan fingerprint density at radius 1 is 1.00 bits per heavy atom. The van der Waals surface area contributed by atoms with Gasteiger partial charge in [0, 0.05) is 16.6 Å². The van der Waals surface area contributed by atoms with Crippen molar-refractivity contribution in [3.8, 4) is 11.5 Å². The number of aromatic amines is 1. The zero-order valence-corrected chi connectivity index (χ0v) is 10.4. The number of hydrogen-bond acceptors (Lipinski definition) is 2. The van der Waals surface area contributed by atoms with Gasteiger partial charge in [-0.1, -0.05) is 0 Å². The molecule has 3 heteroatoms. The van der Waals surface area contributed by atoms with Crippen LogP contribution in [0.5, 0.6) is 11.5 Å². The number of fused-ring (bicyclic) bond motifs is 1. The van der Waals surface area contributed by atoms with Crippen LogP contribution >= 0.6 is 0 Å². The van der Waals surface area contributed by atoms with E-state index in [1.54, 1.807) is 14.2 Å². The molecule has 2 rings (SSSR count). The van der Waals surface area contributed by atoms with Crippen molar-refractivity contribution >= 4 is 10.9 Å². The number of nitrogens with one attached hydrogen (secondary N) is 1. The molecule has 0 bridgehead atoms. The summed E-state index contributed by atoms with van der Waals surface area (Å²) in [5, 5.41) is 1.16. The van der Waals surface area contributed by atoms with Crippen LogP contribution in [0.3, 0.4) is 0 Å². The highest BCUT2D eigenvalue weighted by atomic mass is 16.5. The van der Waals surface area contributed by atoms with E-state index in [-0.39, 0.29) is 0 Å². The maximum Gasteiger partial charge on any atom is 0.149 e. The van der Waals surface area contributed by atoms with E-state index >= 15 is 0 Å². The topological polar surface area (TPSA) is 34.2 Å². The second-order valence-corrected chi connectivity index (χ2v) is 4.03.